The molecule has 2 saturated heterocycles. The van der Waals surface area contributed by atoms with Gasteiger partial charge in [0.25, 0.3) is 0 Å². The summed E-state index contributed by atoms with van der Waals surface area (Å²) in [7, 11) is 0. The molecule has 2 aromatic rings. The zero-order valence-corrected chi connectivity index (χ0v) is 15.3. The second-order valence-electron chi connectivity index (χ2n) is 7.26. The Bertz CT molecular complexity index is 833. The zero-order valence-electron chi connectivity index (χ0n) is 15.3. The number of aromatic nitrogens is 2. The van der Waals surface area contributed by atoms with Gasteiger partial charge in [-0.25, -0.2) is 9.97 Å². The third-order valence-electron chi connectivity index (χ3n) is 5.25. The lowest BCUT2D eigenvalue weighted by Crippen LogP contribution is -2.46. The van der Waals surface area contributed by atoms with E-state index in [2.05, 4.69) is 15.3 Å². The van der Waals surface area contributed by atoms with Gasteiger partial charge in [-0.2, -0.15) is 0 Å². The van der Waals surface area contributed by atoms with Gasteiger partial charge in [-0.1, -0.05) is 12.1 Å². The third kappa shape index (κ3) is 4.35. The van der Waals surface area contributed by atoms with Crippen LogP contribution in [-0.2, 0) is 9.59 Å². The minimum absolute atomic E-state index is 0.0133. The number of hydrogen-bond acceptors (Lipinski definition) is 5. The molecule has 27 heavy (non-hydrogen) atoms. The maximum absolute atomic E-state index is 12.5. The van der Waals surface area contributed by atoms with Crippen molar-refractivity contribution in [1.29, 1.82) is 0 Å². The van der Waals surface area contributed by atoms with Crippen molar-refractivity contribution < 1.29 is 14.3 Å². The second-order valence-corrected chi connectivity index (χ2v) is 7.26. The van der Waals surface area contributed by atoms with Crippen LogP contribution >= 0.6 is 0 Å². The van der Waals surface area contributed by atoms with Gasteiger partial charge in [0.2, 0.25) is 17.7 Å². The molecule has 0 spiro atoms. The number of likely N-dealkylation sites (tertiary alicyclic amines) is 1. The molecule has 0 radical (unpaired) electrons. The van der Waals surface area contributed by atoms with Crippen molar-refractivity contribution in [2.75, 3.05) is 13.1 Å². The molecule has 1 atom stereocenters. The summed E-state index contributed by atoms with van der Waals surface area (Å²) in [5.41, 5.74) is 1.66. The van der Waals surface area contributed by atoms with E-state index < -0.39 is 0 Å². The molecule has 7 heteroatoms. The fraction of sp³-hybridized carbons (Fsp3) is 0.500. The van der Waals surface area contributed by atoms with Crippen LogP contribution in [0.2, 0.25) is 0 Å². The van der Waals surface area contributed by atoms with E-state index in [-0.39, 0.29) is 24.0 Å². The highest BCUT2D eigenvalue weighted by Gasteiger charge is 2.27. The molecular weight excluding hydrogens is 344 g/mol. The molecule has 2 aliphatic rings. The van der Waals surface area contributed by atoms with Gasteiger partial charge in [0, 0.05) is 44.8 Å². The van der Waals surface area contributed by atoms with E-state index in [1.807, 2.05) is 29.2 Å². The average molecular weight is 368 g/mol. The van der Waals surface area contributed by atoms with Gasteiger partial charge in [0.15, 0.2) is 0 Å². The summed E-state index contributed by atoms with van der Waals surface area (Å²) < 4.78 is 5.99. The minimum atomic E-state index is -0.0133. The van der Waals surface area contributed by atoms with Gasteiger partial charge in [-0.15, -0.1) is 0 Å². The Labute approximate surface area is 158 Å². The number of rotatable bonds is 4. The van der Waals surface area contributed by atoms with Crippen molar-refractivity contribution in [3.8, 4) is 5.88 Å². The fourth-order valence-electron chi connectivity index (χ4n) is 3.76. The number of carbonyl (C=O) groups excluding carboxylic acids is 2. The number of ether oxygens (including phenoxy) is 1. The normalized spacial score (nSPS) is 21.1. The van der Waals surface area contributed by atoms with Crippen molar-refractivity contribution >= 4 is 22.8 Å². The van der Waals surface area contributed by atoms with Crippen molar-refractivity contribution in [3.63, 3.8) is 0 Å². The number of hydrogen-bond donors (Lipinski definition) is 1. The molecule has 1 aromatic heterocycles. The summed E-state index contributed by atoms with van der Waals surface area (Å²) in [5.74, 6) is 0.706. The van der Waals surface area contributed by atoms with Gasteiger partial charge in [0.1, 0.15) is 6.10 Å². The summed E-state index contributed by atoms with van der Waals surface area (Å²) in [6, 6.07) is 7.69. The summed E-state index contributed by atoms with van der Waals surface area (Å²) in [5, 5.41) is 2.92. The quantitative estimate of drug-likeness (QED) is 0.893. The largest absolute Gasteiger partial charge is 0.473 e. The third-order valence-corrected chi connectivity index (χ3v) is 5.25. The van der Waals surface area contributed by atoms with Crippen LogP contribution < -0.4 is 10.1 Å². The maximum Gasteiger partial charge on any atom is 0.233 e. The molecule has 1 aromatic carbocycles. The second kappa shape index (κ2) is 7.90. The Kier molecular flexibility index (Phi) is 5.18. The van der Waals surface area contributed by atoms with E-state index in [0.29, 0.717) is 31.8 Å². The Morgan fingerprint density at radius 1 is 1.19 bits per heavy atom. The highest BCUT2D eigenvalue weighted by atomic mass is 16.5. The molecule has 0 unspecified atom stereocenters. The van der Waals surface area contributed by atoms with E-state index in [1.165, 1.54) is 0 Å². The van der Waals surface area contributed by atoms with E-state index in [0.717, 1.165) is 36.7 Å². The summed E-state index contributed by atoms with van der Waals surface area (Å²) >= 11 is 0. The van der Waals surface area contributed by atoms with Crippen LogP contribution in [0.1, 0.15) is 38.5 Å². The van der Waals surface area contributed by atoms with Crippen LogP contribution in [0.3, 0.4) is 0 Å². The number of carbonyl (C=O) groups is 2. The van der Waals surface area contributed by atoms with Crippen LogP contribution in [0.15, 0.2) is 30.5 Å². The first-order chi connectivity index (χ1) is 13.2. The molecule has 4 rings (SSSR count). The van der Waals surface area contributed by atoms with Gasteiger partial charge >= 0.3 is 0 Å². The Morgan fingerprint density at radius 3 is 2.74 bits per heavy atom. The molecule has 0 aliphatic carbocycles. The smallest absolute Gasteiger partial charge is 0.233 e. The van der Waals surface area contributed by atoms with Crippen molar-refractivity contribution in [1.82, 2.24) is 20.2 Å². The lowest BCUT2D eigenvalue weighted by Gasteiger charge is -2.33. The van der Waals surface area contributed by atoms with Gasteiger partial charge in [0.05, 0.1) is 17.2 Å². The van der Waals surface area contributed by atoms with Crippen molar-refractivity contribution in [3.05, 3.63) is 30.5 Å². The van der Waals surface area contributed by atoms with E-state index in [4.69, 9.17) is 4.74 Å². The number of nitrogens with zero attached hydrogens (tertiary/aromatic N) is 3. The minimum Gasteiger partial charge on any atom is -0.473 e. The van der Waals surface area contributed by atoms with Gasteiger partial charge in [-0.05, 0) is 25.0 Å². The SMILES string of the molecule is O=C1CCC[C@H](CC(=O)N2CCC(Oc3cnc4ccccc4n3)CC2)N1. The fourth-order valence-corrected chi connectivity index (χ4v) is 3.76. The number of fused-ring (bicyclic) bond motifs is 1. The van der Waals surface area contributed by atoms with Crippen LogP contribution in [0.5, 0.6) is 5.88 Å². The molecule has 2 fully saturated rings. The molecular formula is C20H24N4O3. The highest BCUT2D eigenvalue weighted by molar-refractivity contribution is 5.80. The number of nitrogens with one attached hydrogen (secondary N) is 1. The van der Waals surface area contributed by atoms with E-state index in [1.54, 1.807) is 6.20 Å². The van der Waals surface area contributed by atoms with E-state index >= 15 is 0 Å². The first kappa shape index (κ1) is 17.7. The zero-order chi connectivity index (χ0) is 18.6. The Morgan fingerprint density at radius 2 is 1.96 bits per heavy atom. The standard InChI is InChI=1S/C20H24N4O3/c25-18-7-3-4-14(22-18)12-20(26)24-10-8-15(9-11-24)27-19-13-21-16-5-1-2-6-17(16)23-19/h1-2,5-6,13-15H,3-4,7-12H2,(H,22,25)/t14-/m1/s1. The van der Waals surface area contributed by atoms with Crippen molar-refractivity contribution in [2.24, 2.45) is 0 Å². The molecule has 0 saturated carbocycles. The number of piperidine rings is 2. The van der Waals surface area contributed by atoms with Crippen molar-refractivity contribution in [2.45, 2.75) is 50.7 Å². The maximum atomic E-state index is 12.5. The Hall–Kier alpha value is -2.70. The number of para-hydroxylation sites is 2. The lowest BCUT2D eigenvalue weighted by molar-refractivity contribution is -0.134. The lowest BCUT2D eigenvalue weighted by atomic mass is 10.00. The molecule has 142 valence electrons. The summed E-state index contributed by atoms with van der Waals surface area (Å²) in [6.07, 6.45) is 5.97. The molecule has 3 heterocycles. The molecule has 0 bridgehead atoms. The molecule has 2 aliphatic heterocycles. The number of amides is 2. The van der Waals surface area contributed by atoms with E-state index in [9.17, 15) is 9.59 Å². The van der Waals surface area contributed by atoms with Crippen LogP contribution in [0, 0.1) is 0 Å². The average Bonchev–Trinajstić information content (AvgIpc) is 2.68. The van der Waals surface area contributed by atoms with Crippen LogP contribution in [-0.4, -0.2) is 51.9 Å². The van der Waals surface area contributed by atoms with Gasteiger partial charge in [-0.3, -0.25) is 9.59 Å². The predicted octanol–water partition coefficient (Wildman–Crippen LogP) is 2.06. The first-order valence-electron chi connectivity index (χ1n) is 9.63. The Balaban J connectivity index is 1.28. The highest BCUT2D eigenvalue weighted by Crippen LogP contribution is 2.20. The summed E-state index contributed by atoms with van der Waals surface area (Å²) in [6.45, 7) is 1.34. The molecule has 2 amide bonds. The van der Waals surface area contributed by atoms with Crippen LogP contribution in [0.25, 0.3) is 11.0 Å². The monoisotopic (exact) mass is 368 g/mol. The predicted molar refractivity (Wildman–Crippen MR) is 100 cm³/mol. The summed E-state index contributed by atoms with van der Waals surface area (Å²) in [4.78, 5) is 34.7. The topological polar surface area (TPSA) is 84.4 Å². The van der Waals surface area contributed by atoms with Gasteiger partial charge < -0.3 is 15.0 Å². The number of benzene rings is 1. The molecule has 7 nitrogen and oxygen atoms in total. The first-order valence-corrected chi connectivity index (χ1v) is 9.63. The molecule has 1 N–H and O–H groups in total. The van der Waals surface area contributed by atoms with Crippen LogP contribution in [0.4, 0.5) is 0 Å².